The predicted octanol–water partition coefficient (Wildman–Crippen LogP) is 6.37. The van der Waals surface area contributed by atoms with Crippen molar-refractivity contribution >= 4 is 24.2 Å². The number of para-hydroxylation sites is 1. The summed E-state index contributed by atoms with van der Waals surface area (Å²) < 4.78 is 7.73. The van der Waals surface area contributed by atoms with Gasteiger partial charge in [0.2, 0.25) is 0 Å². The van der Waals surface area contributed by atoms with Gasteiger partial charge in [0.25, 0.3) is 5.91 Å². The topological polar surface area (TPSA) is 43.6 Å². The molecule has 4 nitrogen and oxygen atoms in total. The van der Waals surface area contributed by atoms with Crippen LogP contribution in [0.1, 0.15) is 0 Å². The maximum Gasteiger partial charge on any atom is 0.265 e. The van der Waals surface area contributed by atoms with E-state index in [1.54, 1.807) is 0 Å². The van der Waals surface area contributed by atoms with Gasteiger partial charge in [0, 0.05) is 23.0 Å². The molecular formula is C25H18ClN2O2. The fourth-order valence-corrected chi connectivity index (χ4v) is 3.52. The molecule has 0 saturated carbocycles. The van der Waals surface area contributed by atoms with Gasteiger partial charge in [-0.25, -0.2) is 4.99 Å². The quantitative estimate of drug-likeness (QED) is 0.344. The van der Waals surface area contributed by atoms with E-state index in [4.69, 9.17) is 23.1 Å². The number of ether oxygens (including phenoxy) is 1. The molecule has 30 heavy (non-hydrogen) atoms. The van der Waals surface area contributed by atoms with Crippen LogP contribution in [0.15, 0.2) is 96.0 Å². The van der Waals surface area contributed by atoms with E-state index in [1.807, 2.05) is 95.6 Å². The number of carbonyl (C=O) groups excluding carboxylic acids is 1. The molecule has 5 heteroatoms. The predicted molar refractivity (Wildman–Crippen MR) is 120 cm³/mol. The average molecular weight is 414 g/mol. The van der Waals surface area contributed by atoms with Crippen LogP contribution >= 0.6 is 11.6 Å². The van der Waals surface area contributed by atoms with Crippen LogP contribution in [0.5, 0.6) is 11.5 Å². The number of rotatable bonds is 6. The molecule has 0 atom stereocenters. The first-order chi connectivity index (χ1) is 14.7. The first-order valence-electron chi connectivity index (χ1n) is 9.37. The summed E-state index contributed by atoms with van der Waals surface area (Å²) in [6.45, 7) is 5.22. The normalized spacial score (nSPS) is 10.6. The Balaban J connectivity index is 1.70. The van der Waals surface area contributed by atoms with E-state index >= 15 is 0 Å². The van der Waals surface area contributed by atoms with Crippen molar-refractivity contribution in [3.05, 3.63) is 96.0 Å². The molecule has 4 rings (SSSR count). The second-order valence-corrected chi connectivity index (χ2v) is 7.04. The highest BCUT2D eigenvalue weighted by Gasteiger charge is 2.16. The van der Waals surface area contributed by atoms with Gasteiger partial charge in [0.1, 0.15) is 18.0 Å². The number of hydrogen-bond acceptors (Lipinski definition) is 2. The molecule has 4 aromatic rings. The van der Waals surface area contributed by atoms with Crippen LogP contribution < -0.4 is 4.74 Å². The lowest BCUT2D eigenvalue weighted by atomic mass is 10.1. The Labute approximate surface area is 180 Å². The Morgan fingerprint density at radius 1 is 0.833 bits per heavy atom. The lowest BCUT2D eigenvalue weighted by molar-refractivity contribution is -0.118. The third kappa shape index (κ3) is 4.19. The van der Waals surface area contributed by atoms with E-state index in [0.29, 0.717) is 5.02 Å². The summed E-state index contributed by atoms with van der Waals surface area (Å²) in [4.78, 5) is 15.3. The first-order valence-corrected chi connectivity index (χ1v) is 9.75. The van der Waals surface area contributed by atoms with Crippen molar-refractivity contribution in [1.82, 2.24) is 4.57 Å². The minimum Gasteiger partial charge on any atom is -0.457 e. The maximum absolute atomic E-state index is 12.0. The number of amides is 1. The van der Waals surface area contributed by atoms with Crippen LogP contribution in [0.25, 0.3) is 22.5 Å². The Kier molecular flexibility index (Phi) is 5.77. The van der Waals surface area contributed by atoms with Crippen molar-refractivity contribution in [3.8, 4) is 34.0 Å². The van der Waals surface area contributed by atoms with E-state index in [2.05, 4.69) is 4.99 Å². The number of carbonyl (C=O) groups is 1. The van der Waals surface area contributed by atoms with Crippen LogP contribution in [0.2, 0.25) is 5.02 Å². The van der Waals surface area contributed by atoms with Crippen molar-refractivity contribution in [3.63, 3.8) is 0 Å². The molecule has 0 aliphatic rings. The molecule has 0 fully saturated rings. The lowest BCUT2D eigenvalue weighted by Crippen LogP contribution is -2.10. The molecule has 1 aromatic heterocycles. The van der Waals surface area contributed by atoms with Crippen LogP contribution in [0.3, 0.4) is 0 Å². The minimum atomic E-state index is -0.426. The van der Waals surface area contributed by atoms with Crippen LogP contribution in [-0.2, 0) is 11.3 Å². The summed E-state index contributed by atoms with van der Waals surface area (Å²) in [7, 11) is 0. The average Bonchev–Trinajstić information content (AvgIpc) is 3.18. The largest absolute Gasteiger partial charge is 0.457 e. The van der Waals surface area contributed by atoms with Crippen molar-refractivity contribution in [2.24, 2.45) is 4.99 Å². The Morgan fingerprint density at radius 2 is 1.47 bits per heavy atom. The Hall–Kier alpha value is -3.63. The molecular weight excluding hydrogens is 396 g/mol. The number of benzene rings is 3. The summed E-state index contributed by atoms with van der Waals surface area (Å²) in [5.41, 5.74) is 3.43. The smallest absolute Gasteiger partial charge is 0.265 e. The second-order valence-electron chi connectivity index (χ2n) is 6.63. The van der Waals surface area contributed by atoms with E-state index in [0.717, 1.165) is 34.0 Å². The highest BCUT2D eigenvalue weighted by molar-refractivity contribution is 6.33. The second kappa shape index (κ2) is 8.80. The van der Waals surface area contributed by atoms with Gasteiger partial charge in [-0.15, -0.1) is 0 Å². The lowest BCUT2D eigenvalue weighted by Gasteiger charge is -2.14. The Morgan fingerprint density at radius 3 is 2.17 bits per heavy atom. The summed E-state index contributed by atoms with van der Waals surface area (Å²) >= 11 is 6.39. The summed E-state index contributed by atoms with van der Waals surface area (Å²) in [6, 6.07) is 28.7. The standard InChI is InChI=1S/C25H18ClN2O2/c1-27-25(29)17-28-23(15-16-24(28)21-9-5-6-10-22(21)26)18-11-13-20(14-12-18)30-19-7-3-2-4-8-19/h1-16H,17H2. The van der Waals surface area contributed by atoms with Gasteiger partial charge in [0.05, 0.1) is 5.69 Å². The van der Waals surface area contributed by atoms with Gasteiger partial charge >= 0.3 is 0 Å². The summed E-state index contributed by atoms with van der Waals surface area (Å²) in [5.74, 6) is 1.07. The van der Waals surface area contributed by atoms with Crippen molar-refractivity contribution in [1.29, 1.82) is 0 Å². The van der Waals surface area contributed by atoms with E-state index in [-0.39, 0.29) is 6.54 Å². The third-order valence-corrected chi connectivity index (χ3v) is 5.03. The molecule has 0 saturated heterocycles. The zero-order valence-corrected chi connectivity index (χ0v) is 16.8. The third-order valence-electron chi connectivity index (χ3n) is 4.70. The summed E-state index contributed by atoms with van der Waals surface area (Å²) in [6.07, 6.45) is 0. The van der Waals surface area contributed by atoms with Crippen molar-refractivity contribution in [2.75, 3.05) is 0 Å². The fourth-order valence-electron chi connectivity index (χ4n) is 3.29. The van der Waals surface area contributed by atoms with E-state index in [9.17, 15) is 4.79 Å². The zero-order chi connectivity index (χ0) is 20.9. The molecule has 0 bridgehead atoms. The molecule has 1 heterocycles. The number of hydrogen-bond donors (Lipinski definition) is 0. The SMILES string of the molecule is [CH]=NC(=O)Cn1c(-c2ccc(Oc3ccccc3)cc2)ccc1-c1ccccc1Cl. The molecule has 1 radical (unpaired) electrons. The maximum atomic E-state index is 12.0. The van der Waals surface area contributed by atoms with Gasteiger partial charge < -0.3 is 9.30 Å². The van der Waals surface area contributed by atoms with Gasteiger partial charge in [-0.1, -0.05) is 48.0 Å². The monoisotopic (exact) mass is 413 g/mol. The Bertz CT molecular complexity index is 1180. The minimum absolute atomic E-state index is 0.0155. The highest BCUT2D eigenvalue weighted by Crippen LogP contribution is 2.34. The van der Waals surface area contributed by atoms with Gasteiger partial charge in [0.15, 0.2) is 0 Å². The van der Waals surface area contributed by atoms with E-state index in [1.165, 1.54) is 0 Å². The molecule has 1 amide bonds. The van der Waals surface area contributed by atoms with Gasteiger partial charge in [-0.3, -0.25) is 4.79 Å². The van der Waals surface area contributed by atoms with Crippen molar-refractivity contribution in [2.45, 2.75) is 6.54 Å². The first kappa shape index (κ1) is 19.7. The number of aliphatic imine (C=N–C) groups is 1. The molecule has 0 unspecified atom stereocenters. The molecule has 147 valence electrons. The molecule has 3 aromatic carbocycles. The molecule has 0 spiro atoms. The molecule has 0 aliphatic carbocycles. The van der Waals surface area contributed by atoms with Crippen LogP contribution in [-0.4, -0.2) is 17.2 Å². The fraction of sp³-hybridized carbons (Fsp3) is 0.0400. The number of aromatic nitrogens is 1. The zero-order valence-electron chi connectivity index (χ0n) is 16.0. The summed E-state index contributed by atoms with van der Waals surface area (Å²) in [5, 5.41) is 0.604. The molecule has 0 aliphatic heterocycles. The van der Waals surface area contributed by atoms with Gasteiger partial charge in [-0.2, -0.15) is 0 Å². The van der Waals surface area contributed by atoms with Crippen molar-refractivity contribution < 1.29 is 9.53 Å². The van der Waals surface area contributed by atoms with Crippen LogP contribution in [0, 0.1) is 0 Å². The number of nitrogens with zero attached hydrogens (tertiary/aromatic N) is 2. The van der Waals surface area contributed by atoms with E-state index < -0.39 is 5.91 Å². The van der Waals surface area contributed by atoms with Gasteiger partial charge in [-0.05, 0) is 60.2 Å². The highest BCUT2D eigenvalue weighted by atomic mass is 35.5. The molecule has 0 N–H and O–H groups in total. The number of halogens is 1. The van der Waals surface area contributed by atoms with Crippen LogP contribution in [0.4, 0.5) is 0 Å².